The summed E-state index contributed by atoms with van der Waals surface area (Å²) in [4.78, 5) is 0. The highest BCUT2D eigenvalue weighted by molar-refractivity contribution is 9.10. The number of nitrogens with one attached hydrogen (secondary N) is 1. The number of aliphatic hydroxyl groups excluding tert-OH is 1. The van der Waals surface area contributed by atoms with Gasteiger partial charge >= 0.3 is 0 Å². The van der Waals surface area contributed by atoms with Crippen molar-refractivity contribution in [1.82, 2.24) is 20.0 Å². The Hall–Kier alpha value is -1.34. The Balaban J connectivity index is 2.27. The maximum absolute atomic E-state index is 10.2. The summed E-state index contributed by atoms with van der Waals surface area (Å²) >= 11 is 3.50. The Morgan fingerprint density at radius 3 is 2.89 bits per heavy atom. The molecular weight excluding hydrogens is 298 g/mol. The molecule has 2 rings (SSSR count). The number of halogens is 1. The van der Waals surface area contributed by atoms with Crippen LogP contribution in [0.1, 0.15) is 30.0 Å². The van der Waals surface area contributed by atoms with Crippen LogP contribution in [0.5, 0.6) is 0 Å². The van der Waals surface area contributed by atoms with Crippen molar-refractivity contribution in [3.8, 4) is 0 Å². The summed E-state index contributed by atoms with van der Waals surface area (Å²) in [5.74, 6) is 0.401. The Bertz CT molecular complexity index is 548. The number of aliphatic hydroxyl groups is 1. The maximum atomic E-state index is 10.2. The number of nitrogens with zero attached hydrogens (tertiary/aromatic N) is 3. The highest BCUT2D eigenvalue weighted by Gasteiger charge is 2.19. The van der Waals surface area contributed by atoms with Crippen LogP contribution >= 0.6 is 15.9 Å². The molecule has 1 atom stereocenters. The summed E-state index contributed by atoms with van der Waals surface area (Å²) in [7, 11) is 0. The number of hydrogen-bond donors (Lipinski definition) is 3. The Morgan fingerprint density at radius 1 is 1.61 bits per heavy atom. The Morgan fingerprint density at radius 2 is 2.33 bits per heavy atom. The minimum absolute atomic E-state index is 0.401. The van der Waals surface area contributed by atoms with E-state index in [0.717, 1.165) is 22.4 Å². The van der Waals surface area contributed by atoms with E-state index >= 15 is 0 Å². The van der Waals surface area contributed by atoms with E-state index in [0.29, 0.717) is 17.8 Å². The van der Waals surface area contributed by atoms with Crippen molar-refractivity contribution >= 4 is 21.7 Å². The standard InChI is InChI=1S/C11H16BrN5O/c1-3-17-8(10(12)6(2)16-17)4-9(18)7-5-14-15-11(7)13/h5,9,18H,3-4H2,1-2H3,(H3,13,14,15). The topological polar surface area (TPSA) is 92.7 Å². The molecule has 4 N–H and O–H groups in total. The molecule has 0 aliphatic heterocycles. The molecular formula is C11H16BrN5O. The monoisotopic (exact) mass is 313 g/mol. The molecule has 2 heterocycles. The van der Waals surface area contributed by atoms with Crippen molar-refractivity contribution in [2.24, 2.45) is 0 Å². The molecule has 18 heavy (non-hydrogen) atoms. The molecule has 1 unspecified atom stereocenters. The summed E-state index contributed by atoms with van der Waals surface area (Å²) in [5.41, 5.74) is 8.19. The fourth-order valence-electron chi connectivity index (χ4n) is 1.93. The van der Waals surface area contributed by atoms with Gasteiger partial charge in [0.1, 0.15) is 5.82 Å². The van der Waals surface area contributed by atoms with Gasteiger partial charge in [0.2, 0.25) is 0 Å². The van der Waals surface area contributed by atoms with E-state index in [2.05, 4.69) is 31.2 Å². The van der Waals surface area contributed by atoms with E-state index in [4.69, 9.17) is 5.73 Å². The number of anilines is 1. The smallest absolute Gasteiger partial charge is 0.124 e. The van der Waals surface area contributed by atoms with Crippen molar-refractivity contribution in [3.05, 3.63) is 27.6 Å². The van der Waals surface area contributed by atoms with E-state index < -0.39 is 6.10 Å². The predicted octanol–water partition coefficient (Wildman–Crippen LogP) is 1.56. The van der Waals surface area contributed by atoms with E-state index in [9.17, 15) is 5.11 Å². The quantitative estimate of drug-likeness (QED) is 0.798. The van der Waals surface area contributed by atoms with E-state index in [1.807, 2.05) is 18.5 Å². The first kappa shape index (κ1) is 13.1. The van der Waals surface area contributed by atoms with Crippen LogP contribution in [0.2, 0.25) is 0 Å². The normalized spacial score (nSPS) is 12.9. The van der Waals surface area contributed by atoms with Gasteiger partial charge in [-0.25, -0.2) is 0 Å². The molecule has 0 bridgehead atoms. The Kier molecular flexibility index (Phi) is 3.72. The molecule has 98 valence electrons. The number of H-pyrrole nitrogens is 1. The molecule has 7 heteroatoms. The van der Waals surface area contributed by atoms with Gasteiger partial charge in [-0.1, -0.05) is 0 Å². The molecule has 0 saturated carbocycles. The third-order valence-corrected chi connectivity index (χ3v) is 3.93. The van der Waals surface area contributed by atoms with Gasteiger partial charge in [0, 0.05) is 18.5 Å². The number of rotatable bonds is 4. The zero-order valence-corrected chi connectivity index (χ0v) is 11.9. The molecule has 0 fully saturated rings. The van der Waals surface area contributed by atoms with Crippen molar-refractivity contribution in [3.63, 3.8) is 0 Å². The second-order valence-corrected chi connectivity index (χ2v) is 4.91. The average Bonchev–Trinajstić information content (AvgIpc) is 2.87. The molecule has 0 amide bonds. The van der Waals surface area contributed by atoms with Crippen LogP contribution in [0.25, 0.3) is 0 Å². The number of aromatic amines is 1. The first-order valence-corrected chi connectivity index (χ1v) is 6.52. The average molecular weight is 314 g/mol. The lowest BCUT2D eigenvalue weighted by Gasteiger charge is -2.11. The second kappa shape index (κ2) is 5.11. The fourth-order valence-corrected chi connectivity index (χ4v) is 2.37. The molecule has 2 aromatic rings. The van der Waals surface area contributed by atoms with Gasteiger partial charge in [0.05, 0.1) is 28.2 Å². The molecule has 0 aliphatic rings. The largest absolute Gasteiger partial charge is 0.388 e. The molecule has 0 aliphatic carbocycles. The maximum Gasteiger partial charge on any atom is 0.124 e. The zero-order valence-electron chi connectivity index (χ0n) is 10.3. The highest BCUT2D eigenvalue weighted by Crippen LogP contribution is 2.27. The lowest BCUT2D eigenvalue weighted by molar-refractivity contribution is 0.176. The summed E-state index contributed by atoms with van der Waals surface area (Å²) in [6.07, 6.45) is 1.30. The van der Waals surface area contributed by atoms with Crippen LogP contribution in [0.15, 0.2) is 10.7 Å². The first-order chi connectivity index (χ1) is 8.54. The molecule has 6 nitrogen and oxygen atoms in total. The number of aryl methyl sites for hydroxylation is 2. The third-order valence-electron chi connectivity index (χ3n) is 2.90. The predicted molar refractivity (Wildman–Crippen MR) is 72.0 cm³/mol. The van der Waals surface area contributed by atoms with Crippen molar-refractivity contribution in [2.45, 2.75) is 32.9 Å². The fraction of sp³-hybridized carbons (Fsp3) is 0.455. The Labute approximate surface area is 113 Å². The SMILES string of the molecule is CCn1nc(C)c(Br)c1CC(O)c1cn[nH]c1N. The summed E-state index contributed by atoms with van der Waals surface area (Å²) in [6.45, 7) is 4.70. The zero-order chi connectivity index (χ0) is 13.3. The third kappa shape index (κ3) is 2.28. The van der Waals surface area contributed by atoms with E-state index in [-0.39, 0.29) is 0 Å². The van der Waals surface area contributed by atoms with Gasteiger partial charge in [0.25, 0.3) is 0 Å². The summed E-state index contributed by atoms with van der Waals surface area (Å²) < 4.78 is 2.81. The van der Waals surface area contributed by atoms with Crippen LogP contribution < -0.4 is 5.73 Å². The lowest BCUT2D eigenvalue weighted by atomic mass is 10.1. The van der Waals surface area contributed by atoms with Crippen molar-refractivity contribution in [2.75, 3.05) is 5.73 Å². The minimum Gasteiger partial charge on any atom is -0.388 e. The van der Waals surface area contributed by atoms with Crippen LogP contribution in [0.4, 0.5) is 5.82 Å². The molecule has 2 aromatic heterocycles. The number of aromatic nitrogens is 4. The number of nitrogens with two attached hydrogens (primary N) is 1. The first-order valence-electron chi connectivity index (χ1n) is 5.73. The number of nitrogen functional groups attached to an aromatic ring is 1. The second-order valence-electron chi connectivity index (χ2n) is 4.12. The highest BCUT2D eigenvalue weighted by atomic mass is 79.9. The van der Waals surface area contributed by atoms with Gasteiger partial charge in [-0.2, -0.15) is 10.2 Å². The van der Waals surface area contributed by atoms with Crippen LogP contribution in [-0.4, -0.2) is 25.1 Å². The summed E-state index contributed by atoms with van der Waals surface area (Å²) in [6, 6.07) is 0. The van der Waals surface area contributed by atoms with Gasteiger partial charge in [0.15, 0.2) is 0 Å². The van der Waals surface area contributed by atoms with Gasteiger partial charge in [-0.3, -0.25) is 9.78 Å². The molecule has 0 aromatic carbocycles. The van der Waals surface area contributed by atoms with Crippen LogP contribution in [0, 0.1) is 6.92 Å². The molecule has 0 radical (unpaired) electrons. The summed E-state index contributed by atoms with van der Waals surface area (Å²) in [5, 5.41) is 21.0. The van der Waals surface area contributed by atoms with Crippen molar-refractivity contribution in [1.29, 1.82) is 0 Å². The molecule has 0 spiro atoms. The minimum atomic E-state index is -0.693. The van der Waals surface area contributed by atoms with Crippen molar-refractivity contribution < 1.29 is 5.11 Å². The van der Waals surface area contributed by atoms with Gasteiger partial charge in [-0.15, -0.1) is 0 Å². The van der Waals surface area contributed by atoms with Gasteiger partial charge in [-0.05, 0) is 29.8 Å². The van der Waals surface area contributed by atoms with Crippen LogP contribution in [-0.2, 0) is 13.0 Å². The number of hydrogen-bond acceptors (Lipinski definition) is 4. The van der Waals surface area contributed by atoms with E-state index in [1.165, 1.54) is 0 Å². The van der Waals surface area contributed by atoms with Gasteiger partial charge < -0.3 is 10.8 Å². The van der Waals surface area contributed by atoms with Crippen LogP contribution in [0.3, 0.4) is 0 Å². The lowest BCUT2D eigenvalue weighted by Crippen LogP contribution is -2.09. The molecule has 0 saturated heterocycles. The van der Waals surface area contributed by atoms with E-state index in [1.54, 1.807) is 6.20 Å².